The number of halogens is 2. The Morgan fingerprint density at radius 2 is 2.29 bits per heavy atom. The third-order valence-electron chi connectivity index (χ3n) is 3.04. The van der Waals surface area contributed by atoms with Crippen molar-refractivity contribution in [1.82, 2.24) is 4.98 Å². The van der Waals surface area contributed by atoms with Crippen LogP contribution in [0.25, 0.3) is 0 Å². The number of thiocarbonyl (C=S) groups is 1. The second-order valence-corrected chi connectivity index (χ2v) is 6.67. The molecule has 0 bridgehead atoms. The van der Waals surface area contributed by atoms with E-state index in [1.807, 2.05) is 13.8 Å². The maximum Gasteiger partial charge on any atom is 0.163 e. The Morgan fingerprint density at radius 1 is 1.57 bits per heavy atom. The number of hydrogen-bond donors (Lipinski definition) is 0. The Labute approximate surface area is 139 Å². The van der Waals surface area contributed by atoms with Crippen LogP contribution in [0.4, 0.5) is 0 Å². The van der Waals surface area contributed by atoms with Crippen molar-refractivity contribution in [3.8, 4) is 0 Å². The lowest BCUT2D eigenvalue weighted by atomic mass is 10.1. The topological polar surface area (TPSA) is 40.6 Å². The fourth-order valence-electron chi connectivity index (χ4n) is 2.18. The van der Waals surface area contributed by atoms with Gasteiger partial charge in [0.15, 0.2) is 10.8 Å². The minimum Gasteiger partial charge on any atom is -0.479 e. The Balaban J connectivity index is 2.14. The SMILES string of the molecule is CC(=S)OC(C[C@@H]1COC(C)(C)O1)c1cnc(Cl)c(Cl)c1. The van der Waals surface area contributed by atoms with E-state index in [-0.39, 0.29) is 17.4 Å². The Hall–Kier alpha value is -0.460. The second kappa shape index (κ2) is 6.75. The first kappa shape index (κ1) is 16.9. The molecule has 0 aromatic carbocycles. The van der Waals surface area contributed by atoms with Gasteiger partial charge in [0.05, 0.1) is 17.7 Å². The van der Waals surface area contributed by atoms with Gasteiger partial charge < -0.3 is 14.2 Å². The molecule has 2 heterocycles. The van der Waals surface area contributed by atoms with E-state index < -0.39 is 5.79 Å². The van der Waals surface area contributed by atoms with Gasteiger partial charge in [0.2, 0.25) is 0 Å². The number of ether oxygens (including phenoxy) is 3. The molecule has 1 aromatic rings. The van der Waals surface area contributed by atoms with Crippen molar-refractivity contribution < 1.29 is 14.2 Å². The molecule has 2 atom stereocenters. The summed E-state index contributed by atoms with van der Waals surface area (Å²) in [5.41, 5.74) is 0.807. The zero-order chi connectivity index (χ0) is 15.6. The molecule has 4 nitrogen and oxygen atoms in total. The summed E-state index contributed by atoms with van der Waals surface area (Å²) < 4.78 is 17.1. The fourth-order valence-corrected chi connectivity index (χ4v) is 2.58. The molecule has 7 heteroatoms. The first-order valence-electron chi connectivity index (χ1n) is 6.57. The zero-order valence-corrected chi connectivity index (χ0v) is 14.4. The highest BCUT2D eigenvalue weighted by atomic mass is 35.5. The molecule has 0 N–H and O–H groups in total. The molecule has 116 valence electrons. The summed E-state index contributed by atoms with van der Waals surface area (Å²) in [5.74, 6) is -0.572. The van der Waals surface area contributed by atoms with Crippen LogP contribution in [0.1, 0.15) is 38.9 Å². The molecule has 21 heavy (non-hydrogen) atoms. The van der Waals surface area contributed by atoms with Gasteiger partial charge in [0.25, 0.3) is 0 Å². The van der Waals surface area contributed by atoms with Gasteiger partial charge in [-0.25, -0.2) is 4.98 Å². The molecule has 1 aliphatic rings. The van der Waals surface area contributed by atoms with Crippen molar-refractivity contribution in [3.05, 3.63) is 28.0 Å². The largest absolute Gasteiger partial charge is 0.479 e. The van der Waals surface area contributed by atoms with E-state index in [1.165, 1.54) is 0 Å². The average Bonchev–Trinajstić information content (AvgIpc) is 2.71. The fraction of sp³-hybridized carbons (Fsp3) is 0.571. The van der Waals surface area contributed by atoms with Crippen molar-refractivity contribution in [2.45, 2.75) is 45.2 Å². The molecule has 1 saturated heterocycles. The molecular formula is C14H17Cl2NO3S. The third-order valence-corrected chi connectivity index (χ3v) is 3.82. The van der Waals surface area contributed by atoms with Crippen molar-refractivity contribution >= 4 is 40.5 Å². The van der Waals surface area contributed by atoms with Gasteiger partial charge in [-0.05, 0) is 32.1 Å². The van der Waals surface area contributed by atoms with E-state index in [2.05, 4.69) is 4.98 Å². The van der Waals surface area contributed by atoms with Gasteiger partial charge in [0, 0.05) is 25.1 Å². The van der Waals surface area contributed by atoms with E-state index in [1.54, 1.807) is 19.2 Å². The predicted molar refractivity (Wildman–Crippen MR) is 85.9 cm³/mol. The molecule has 0 spiro atoms. The van der Waals surface area contributed by atoms with E-state index in [0.717, 1.165) is 5.56 Å². The van der Waals surface area contributed by atoms with Crippen molar-refractivity contribution in [2.75, 3.05) is 6.61 Å². The Morgan fingerprint density at radius 3 is 2.81 bits per heavy atom. The number of hydrogen-bond acceptors (Lipinski definition) is 5. The molecule has 0 saturated carbocycles. The highest BCUT2D eigenvalue weighted by Crippen LogP contribution is 2.32. The van der Waals surface area contributed by atoms with E-state index in [0.29, 0.717) is 23.1 Å². The van der Waals surface area contributed by atoms with Crippen LogP contribution in [0.2, 0.25) is 10.2 Å². The predicted octanol–water partition coefficient (Wildman–Crippen LogP) is 4.34. The van der Waals surface area contributed by atoms with Gasteiger partial charge in [-0.2, -0.15) is 0 Å². The molecule has 1 unspecified atom stereocenters. The summed E-state index contributed by atoms with van der Waals surface area (Å²) in [7, 11) is 0. The number of aromatic nitrogens is 1. The highest BCUT2D eigenvalue weighted by molar-refractivity contribution is 7.80. The van der Waals surface area contributed by atoms with Crippen LogP contribution in [-0.4, -0.2) is 28.5 Å². The van der Waals surface area contributed by atoms with Crippen LogP contribution in [0, 0.1) is 0 Å². The standard InChI is InChI=1S/C14H17Cl2NO3S/c1-8(21)19-12(5-10-7-18-14(2,3)20-10)9-4-11(15)13(16)17-6-9/h4,6,10,12H,5,7H2,1-3H3/t10-,12?/m1/s1. The van der Waals surface area contributed by atoms with Crippen molar-refractivity contribution in [2.24, 2.45) is 0 Å². The summed E-state index contributed by atoms with van der Waals surface area (Å²) in [6.45, 7) is 6.00. The van der Waals surface area contributed by atoms with Crippen LogP contribution in [0.5, 0.6) is 0 Å². The van der Waals surface area contributed by atoms with Crippen molar-refractivity contribution in [1.29, 1.82) is 0 Å². The van der Waals surface area contributed by atoms with E-state index >= 15 is 0 Å². The van der Waals surface area contributed by atoms with Crippen LogP contribution in [0.15, 0.2) is 12.3 Å². The summed E-state index contributed by atoms with van der Waals surface area (Å²) in [6, 6.07) is 1.74. The Bertz CT molecular complexity index is 539. The van der Waals surface area contributed by atoms with Crippen LogP contribution >= 0.6 is 35.4 Å². The molecule has 0 radical (unpaired) electrons. The summed E-state index contributed by atoms with van der Waals surface area (Å²) >= 11 is 16.9. The molecule has 0 amide bonds. The summed E-state index contributed by atoms with van der Waals surface area (Å²) in [6.07, 6.45) is 1.86. The Kier molecular flexibility index (Phi) is 5.43. The maximum absolute atomic E-state index is 6.02. The molecule has 1 aliphatic heterocycles. The molecule has 1 aromatic heterocycles. The van der Waals surface area contributed by atoms with E-state index in [4.69, 9.17) is 49.6 Å². The average molecular weight is 350 g/mol. The lowest BCUT2D eigenvalue weighted by molar-refractivity contribution is -0.141. The quantitative estimate of drug-likeness (QED) is 0.597. The monoisotopic (exact) mass is 349 g/mol. The van der Waals surface area contributed by atoms with Crippen molar-refractivity contribution in [3.63, 3.8) is 0 Å². The molecule has 0 aliphatic carbocycles. The lowest BCUT2D eigenvalue weighted by Crippen LogP contribution is -2.23. The number of pyridine rings is 1. The smallest absolute Gasteiger partial charge is 0.163 e. The number of nitrogens with zero attached hydrogens (tertiary/aromatic N) is 1. The maximum atomic E-state index is 6.02. The highest BCUT2D eigenvalue weighted by Gasteiger charge is 2.35. The number of rotatable bonds is 4. The van der Waals surface area contributed by atoms with Gasteiger partial charge in [-0.15, -0.1) is 0 Å². The molecule has 2 rings (SSSR count). The summed E-state index contributed by atoms with van der Waals surface area (Å²) in [5, 5.41) is 1.10. The molecular weight excluding hydrogens is 333 g/mol. The van der Waals surface area contributed by atoms with Gasteiger partial charge in [0.1, 0.15) is 11.3 Å². The van der Waals surface area contributed by atoms with Gasteiger partial charge >= 0.3 is 0 Å². The lowest BCUT2D eigenvalue weighted by Gasteiger charge is -2.22. The normalized spacial score (nSPS) is 22.0. The van der Waals surface area contributed by atoms with E-state index in [9.17, 15) is 0 Å². The first-order valence-corrected chi connectivity index (χ1v) is 7.73. The van der Waals surface area contributed by atoms with Gasteiger partial charge in [-0.3, -0.25) is 0 Å². The first-order chi connectivity index (χ1) is 9.77. The third kappa shape index (κ3) is 4.76. The summed E-state index contributed by atoms with van der Waals surface area (Å²) in [4.78, 5) is 4.05. The second-order valence-electron chi connectivity index (χ2n) is 5.33. The van der Waals surface area contributed by atoms with Crippen LogP contribution in [0.3, 0.4) is 0 Å². The van der Waals surface area contributed by atoms with Crippen LogP contribution in [-0.2, 0) is 14.2 Å². The van der Waals surface area contributed by atoms with Gasteiger partial charge in [-0.1, -0.05) is 23.2 Å². The zero-order valence-electron chi connectivity index (χ0n) is 12.1. The van der Waals surface area contributed by atoms with Crippen LogP contribution < -0.4 is 0 Å². The minimum absolute atomic E-state index is 0.0752. The minimum atomic E-state index is -0.572. The molecule has 1 fully saturated rings.